The molecule has 126 valence electrons. The van der Waals surface area contributed by atoms with E-state index in [-0.39, 0.29) is 0 Å². The first-order chi connectivity index (χ1) is 10.9. The number of nitrogens with zero attached hydrogens (tertiary/aromatic N) is 1. The molecule has 0 radical (unpaired) electrons. The van der Waals surface area contributed by atoms with Crippen molar-refractivity contribution in [2.24, 2.45) is 0 Å². The van der Waals surface area contributed by atoms with Crippen LogP contribution < -0.4 is 4.57 Å². The van der Waals surface area contributed by atoms with Gasteiger partial charge < -0.3 is 4.74 Å². The van der Waals surface area contributed by atoms with E-state index < -0.39 is 0 Å². The summed E-state index contributed by atoms with van der Waals surface area (Å²) in [7, 11) is 0. The first-order valence-corrected chi connectivity index (χ1v) is 9.45. The summed E-state index contributed by atoms with van der Waals surface area (Å²) in [6, 6.07) is 6.10. The van der Waals surface area contributed by atoms with Crippen LogP contribution in [-0.4, -0.2) is 6.61 Å². The highest BCUT2D eigenvalue weighted by atomic mass is 16.5. The molecule has 2 nitrogen and oxygen atoms in total. The number of ether oxygens (including phenoxy) is 1. The minimum Gasteiger partial charge on any atom is -0.323 e. The lowest BCUT2D eigenvalue weighted by Crippen LogP contribution is -2.33. The van der Waals surface area contributed by atoms with Gasteiger partial charge in [0, 0.05) is 12.1 Å². The third-order valence-electron chi connectivity index (χ3n) is 4.16. The normalized spacial score (nSPS) is 11.0. The van der Waals surface area contributed by atoms with Crippen LogP contribution in [0.3, 0.4) is 0 Å². The van der Waals surface area contributed by atoms with Gasteiger partial charge in [-0.15, -0.1) is 0 Å². The van der Waals surface area contributed by atoms with Crippen LogP contribution in [-0.2, 0) is 11.5 Å². The number of hydrogen-bond acceptors (Lipinski definition) is 1. The standard InChI is InChI=1S/C20H36NO/c1-2-3-4-5-6-7-8-9-10-11-12-16-19-22-20-21-17-14-13-15-18-21/h13-15,17-18H,2-12,16,19-20H2,1H3/q+1. The molecule has 0 saturated carbocycles. The van der Waals surface area contributed by atoms with Crippen molar-refractivity contribution in [1.29, 1.82) is 0 Å². The van der Waals surface area contributed by atoms with E-state index in [0.29, 0.717) is 6.73 Å². The molecule has 0 N–H and O–H groups in total. The number of aromatic nitrogens is 1. The van der Waals surface area contributed by atoms with Crippen molar-refractivity contribution in [3.63, 3.8) is 0 Å². The Balaban J connectivity index is 1.73. The second-order valence-corrected chi connectivity index (χ2v) is 6.32. The van der Waals surface area contributed by atoms with Crippen LogP contribution >= 0.6 is 0 Å². The third kappa shape index (κ3) is 11.7. The highest BCUT2D eigenvalue weighted by Gasteiger charge is 1.97. The van der Waals surface area contributed by atoms with Gasteiger partial charge in [0.1, 0.15) is 0 Å². The van der Waals surface area contributed by atoms with Gasteiger partial charge in [-0.3, -0.25) is 0 Å². The van der Waals surface area contributed by atoms with Crippen LogP contribution in [0.2, 0.25) is 0 Å². The van der Waals surface area contributed by atoms with Gasteiger partial charge in [-0.2, -0.15) is 4.57 Å². The SMILES string of the molecule is CCCCCCCCCCCCCCOC[n+]1ccccc1. The van der Waals surface area contributed by atoms with E-state index in [1.807, 2.05) is 30.6 Å². The molecule has 0 bridgehead atoms. The molecule has 0 fully saturated rings. The summed E-state index contributed by atoms with van der Waals surface area (Å²) in [5, 5.41) is 0. The minimum atomic E-state index is 0.679. The lowest BCUT2D eigenvalue weighted by atomic mass is 10.1. The fourth-order valence-electron chi connectivity index (χ4n) is 2.74. The summed E-state index contributed by atoms with van der Waals surface area (Å²) >= 11 is 0. The highest BCUT2D eigenvalue weighted by Crippen LogP contribution is 2.11. The van der Waals surface area contributed by atoms with E-state index in [1.165, 1.54) is 77.0 Å². The van der Waals surface area contributed by atoms with Crippen molar-refractivity contribution >= 4 is 0 Å². The molecular formula is C20H36NO+. The Labute approximate surface area is 137 Å². The van der Waals surface area contributed by atoms with Crippen molar-refractivity contribution < 1.29 is 9.30 Å². The molecular weight excluding hydrogens is 270 g/mol. The van der Waals surface area contributed by atoms with Gasteiger partial charge >= 0.3 is 0 Å². The third-order valence-corrected chi connectivity index (χ3v) is 4.16. The molecule has 1 aromatic heterocycles. The summed E-state index contributed by atoms with van der Waals surface area (Å²) in [5.74, 6) is 0. The van der Waals surface area contributed by atoms with Gasteiger partial charge in [-0.1, -0.05) is 83.6 Å². The molecule has 22 heavy (non-hydrogen) atoms. The Bertz CT molecular complexity index is 326. The fourth-order valence-corrected chi connectivity index (χ4v) is 2.74. The summed E-state index contributed by atoms with van der Waals surface area (Å²) in [5.41, 5.74) is 0. The lowest BCUT2D eigenvalue weighted by molar-refractivity contribution is -0.732. The quantitative estimate of drug-likeness (QED) is 0.301. The summed E-state index contributed by atoms with van der Waals surface area (Å²) in [6.45, 7) is 3.85. The van der Waals surface area contributed by atoms with Crippen LogP contribution in [0.1, 0.15) is 84.0 Å². The van der Waals surface area contributed by atoms with Crippen LogP contribution in [0, 0.1) is 0 Å². The maximum Gasteiger partial charge on any atom is 0.252 e. The lowest BCUT2D eigenvalue weighted by Gasteiger charge is -2.03. The molecule has 0 amide bonds. The second-order valence-electron chi connectivity index (χ2n) is 6.32. The van der Waals surface area contributed by atoms with E-state index in [9.17, 15) is 0 Å². The zero-order valence-corrected chi connectivity index (χ0v) is 14.6. The fraction of sp³-hybridized carbons (Fsp3) is 0.750. The van der Waals surface area contributed by atoms with Gasteiger partial charge in [0.2, 0.25) is 0 Å². The topological polar surface area (TPSA) is 13.1 Å². The molecule has 2 heteroatoms. The summed E-state index contributed by atoms with van der Waals surface area (Å²) in [4.78, 5) is 0. The minimum absolute atomic E-state index is 0.679. The molecule has 0 aliphatic carbocycles. The van der Waals surface area contributed by atoms with E-state index in [0.717, 1.165) is 6.61 Å². The van der Waals surface area contributed by atoms with Crippen LogP contribution in [0.15, 0.2) is 30.6 Å². The van der Waals surface area contributed by atoms with E-state index in [2.05, 4.69) is 11.5 Å². The summed E-state index contributed by atoms with van der Waals surface area (Å²) < 4.78 is 7.74. The monoisotopic (exact) mass is 306 g/mol. The molecule has 0 saturated heterocycles. The molecule has 0 atom stereocenters. The van der Waals surface area contributed by atoms with Gasteiger partial charge in [0.25, 0.3) is 6.73 Å². The smallest absolute Gasteiger partial charge is 0.252 e. The van der Waals surface area contributed by atoms with E-state index in [4.69, 9.17) is 4.74 Å². The number of unbranched alkanes of at least 4 members (excludes halogenated alkanes) is 11. The Hall–Kier alpha value is -0.890. The maximum absolute atomic E-state index is 5.67. The van der Waals surface area contributed by atoms with Gasteiger partial charge in [0.05, 0.1) is 6.61 Å². The summed E-state index contributed by atoms with van der Waals surface area (Å²) in [6.07, 6.45) is 20.8. The first kappa shape index (κ1) is 19.2. The molecule has 1 heterocycles. The molecule has 0 aliphatic rings. The zero-order chi connectivity index (χ0) is 15.7. The molecule has 1 aromatic rings. The van der Waals surface area contributed by atoms with Crippen molar-refractivity contribution in [2.45, 2.75) is 90.7 Å². The average molecular weight is 307 g/mol. The van der Waals surface area contributed by atoms with Crippen LogP contribution in [0.5, 0.6) is 0 Å². The Morgan fingerprint density at radius 2 is 1.14 bits per heavy atom. The molecule has 0 aliphatic heterocycles. The Morgan fingerprint density at radius 3 is 1.68 bits per heavy atom. The largest absolute Gasteiger partial charge is 0.323 e. The predicted octanol–water partition coefficient (Wildman–Crippen LogP) is 5.65. The van der Waals surface area contributed by atoms with Gasteiger partial charge in [0.15, 0.2) is 12.4 Å². The van der Waals surface area contributed by atoms with Gasteiger partial charge in [-0.05, 0) is 6.42 Å². The van der Waals surface area contributed by atoms with Crippen molar-refractivity contribution in [2.75, 3.05) is 6.61 Å². The molecule has 1 rings (SSSR count). The zero-order valence-electron chi connectivity index (χ0n) is 14.6. The number of pyridine rings is 1. The van der Waals surface area contributed by atoms with Crippen LogP contribution in [0.25, 0.3) is 0 Å². The number of hydrogen-bond donors (Lipinski definition) is 0. The second kappa shape index (κ2) is 15.0. The van der Waals surface area contributed by atoms with Gasteiger partial charge in [-0.25, -0.2) is 0 Å². The molecule has 0 unspecified atom stereocenters. The Kier molecular flexibility index (Phi) is 13.1. The van der Waals surface area contributed by atoms with Crippen molar-refractivity contribution in [3.8, 4) is 0 Å². The average Bonchev–Trinajstić information content (AvgIpc) is 2.56. The van der Waals surface area contributed by atoms with E-state index in [1.54, 1.807) is 0 Å². The van der Waals surface area contributed by atoms with E-state index >= 15 is 0 Å². The maximum atomic E-state index is 5.67. The van der Waals surface area contributed by atoms with Crippen molar-refractivity contribution in [3.05, 3.63) is 30.6 Å². The molecule has 0 aromatic carbocycles. The Morgan fingerprint density at radius 1 is 0.636 bits per heavy atom. The first-order valence-electron chi connectivity index (χ1n) is 9.45. The highest BCUT2D eigenvalue weighted by molar-refractivity contribution is 4.83. The predicted molar refractivity (Wildman–Crippen MR) is 93.7 cm³/mol. The molecule has 0 spiro atoms. The van der Waals surface area contributed by atoms with Crippen LogP contribution in [0.4, 0.5) is 0 Å². The van der Waals surface area contributed by atoms with Crippen molar-refractivity contribution in [1.82, 2.24) is 0 Å². The number of rotatable bonds is 15.